The maximum absolute atomic E-state index is 13.4. The lowest BCUT2D eigenvalue weighted by molar-refractivity contribution is 0.289. The number of benzene rings is 1. The average molecular weight is 294 g/mol. The molecule has 21 heavy (non-hydrogen) atoms. The SMILES string of the molecule is CCCNC(CCN(C)CCC(C)C)c1cccc(F)c1. The highest BCUT2D eigenvalue weighted by atomic mass is 19.1. The van der Waals surface area contributed by atoms with Crippen LogP contribution in [0.3, 0.4) is 0 Å². The van der Waals surface area contributed by atoms with Gasteiger partial charge in [-0.25, -0.2) is 4.39 Å². The first kappa shape index (κ1) is 18.1. The Morgan fingerprint density at radius 2 is 1.90 bits per heavy atom. The smallest absolute Gasteiger partial charge is 0.123 e. The molecule has 3 heteroatoms. The second kappa shape index (κ2) is 9.91. The minimum Gasteiger partial charge on any atom is -0.310 e. The van der Waals surface area contributed by atoms with Gasteiger partial charge in [0.1, 0.15) is 5.82 Å². The van der Waals surface area contributed by atoms with Crippen LogP contribution >= 0.6 is 0 Å². The van der Waals surface area contributed by atoms with E-state index in [0.29, 0.717) is 0 Å². The zero-order chi connectivity index (χ0) is 15.7. The molecular formula is C18H31FN2. The first-order valence-electron chi connectivity index (χ1n) is 8.20. The van der Waals surface area contributed by atoms with Crippen LogP contribution in [0.2, 0.25) is 0 Å². The highest BCUT2D eigenvalue weighted by molar-refractivity contribution is 5.20. The Kier molecular flexibility index (Phi) is 8.55. The summed E-state index contributed by atoms with van der Waals surface area (Å²) >= 11 is 0. The van der Waals surface area contributed by atoms with Crippen molar-refractivity contribution >= 4 is 0 Å². The summed E-state index contributed by atoms with van der Waals surface area (Å²) in [5.74, 6) is 0.591. The highest BCUT2D eigenvalue weighted by Gasteiger charge is 2.12. The molecule has 2 nitrogen and oxygen atoms in total. The number of rotatable bonds is 10. The molecule has 0 fully saturated rings. The third kappa shape index (κ3) is 7.58. The fraction of sp³-hybridized carbons (Fsp3) is 0.667. The van der Waals surface area contributed by atoms with E-state index in [1.165, 1.54) is 12.5 Å². The molecule has 0 saturated heterocycles. The van der Waals surface area contributed by atoms with Gasteiger partial charge in [0.15, 0.2) is 0 Å². The summed E-state index contributed by atoms with van der Waals surface area (Å²) in [6.45, 7) is 9.80. The van der Waals surface area contributed by atoms with Gasteiger partial charge >= 0.3 is 0 Å². The molecule has 0 aliphatic carbocycles. The summed E-state index contributed by atoms with van der Waals surface area (Å²) in [6.07, 6.45) is 3.33. The summed E-state index contributed by atoms with van der Waals surface area (Å²) in [5, 5.41) is 3.54. The lowest BCUT2D eigenvalue weighted by Gasteiger charge is -2.23. The first-order valence-corrected chi connectivity index (χ1v) is 8.20. The van der Waals surface area contributed by atoms with Crippen LogP contribution in [0.25, 0.3) is 0 Å². The lowest BCUT2D eigenvalue weighted by atomic mass is 10.0. The minimum absolute atomic E-state index is 0.149. The lowest BCUT2D eigenvalue weighted by Crippen LogP contribution is -2.28. The molecule has 0 spiro atoms. The summed E-state index contributed by atoms with van der Waals surface area (Å²) < 4.78 is 13.4. The van der Waals surface area contributed by atoms with E-state index in [-0.39, 0.29) is 11.9 Å². The van der Waals surface area contributed by atoms with Crippen molar-refractivity contribution in [3.05, 3.63) is 35.6 Å². The first-order chi connectivity index (χ1) is 10.0. The van der Waals surface area contributed by atoms with Crippen LogP contribution < -0.4 is 5.32 Å². The number of halogens is 1. The largest absolute Gasteiger partial charge is 0.310 e. The molecule has 0 aliphatic rings. The molecule has 0 radical (unpaired) electrons. The van der Waals surface area contributed by atoms with Crippen LogP contribution in [0.1, 0.15) is 51.6 Å². The van der Waals surface area contributed by atoms with Gasteiger partial charge in [-0.1, -0.05) is 32.9 Å². The molecule has 120 valence electrons. The van der Waals surface area contributed by atoms with Gasteiger partial charge in [-0.2, -0.15) is 0 Å². The molecule has 1 unspecified atom stereocenters. The maximum atomic E-state index is 13.4. The fourth-order valence-electron chi connectivity index (χ4n) is 2.37. The topological polar surface area (TPSA) is 15.3 Å². The second-order valence-corrected chi connectivity index (χ2v) is 6.34. The van der Waals surface area contributed by atoms with Crippen molar-refractivity contribution in [1.82, 2.24) is 10.2 Å². The monoisotopic (exact) mass is 294 g/mol. The number of hydrogen-bond acceptors (Lipinski definition) is 2. The Hall–Kier alpha value is -0.930. The Morgan fingerprint density at radius 3 is 2.52 bits per heavy atom. The van der Waals surface area contributed by atoms with Crippen molar-refractivity contribution in [2.75, 3.05) is 26.7 Å². The highest BCUT2D eigenvalue weighted by Crippen LogP contribution is 2.18. The molecule has 1 N–H and O–H groups in total. The van der Waals surface area contributed by atoms with Gasteiger partial charge in [-0.15, -0.1) is 0 Å². The minimum atomic E-state index is -0.149. The fourth-order valence-corrected chi connectivity index (χ4v) is 2.37. The van der Waals surface area contributed by atoms with Crippen molar-refractivity contribution < 1.29 is 4.39 Å². The molecule has 0 heterocycles. The van der Waals surface area contributed by atoms with Crippen LogP contribution in [-0.4, -0.2) is 31.6 Å². The van der Waals surface area contributed by atoms with Gasteiger partial charge in [0.25, 0.3) is 0 Å². The average Bonchev–Trinajstić information content (AvgIpc) is 2.45. The van der Waals surface area contributed by atoms with Gasteiger partial charge in [-0.3, -0.25) is 0 Å². The number of nitrogens with zero attached hydrogens (tertiary/aromatic N) is 1. The van der Waals surface area contributed by atoms with Crippen molar-refractivity contribution in [3.63, 3.8) is 0 Å². The molecule has 0 bridgehead atoms. The summed E-state index contributed by atoms with van der Waals surface area (Å²) in [7, 11) is 2.17. The van der Waals surface area contributed by atoms with E-state index >= 15 is 0 Å². The van der Waals surface area contributed by atoms with Crippen LogP contribution in [0, 0.1) is 11.7 Å². The standard InChI is InChI=1S/C18H31FN2/c1-5-11-20-18(16-7-6-8-17(19)14-16)10-13-21(4)12-9-15(2)3/h6-8,14-15,18,20H,5,9-13H2,1-4H3. The van der Waals surface area contributed by atoms with Crippen LogP contribution in [0.15, 0.2) is 24.3 Å². The quantitative estimate of drug-likeness (QED) is 0.694. The van der Waals surface area contributed by atoms with Crippen LogP contribution in [0.5, 0.6) is 0 Å². The van der Waals surface area contributed by atoms with Crippen molar-refractivity contribution in [2.24, 2.45) is 5.92 Å². The summed E-state index contributed by atoms with van der Waals surface area (Å²) in [5.41, 5.74) is 1.06. The summed E-state index contributed by atoms with van der Waals surface area (Å²) in [6, 6.07) is 7.22. The van der Waals surface area contributed by atoms with Gasteiger partial charge in [-0.05, 0) is 69.6 Å². The summed E-state index contributed by atoms with van der Waals surface area (Å²) in [4.78, 5) is 2.37. The molecule has 1 rings (SSSR count). The van der Waals surface area contributed by atoms with E-state index in [9.17, 15) is 4.39 Å². The number of nitrogens with one attached hydrogen (secondary N) is 1. The Balaban J connectivity index is 2.54. The number of hydrogen-bond donors (Lipinski definition) is 1. The molecule has 1 aromatic carbocycles. The molecule has 0 saturated carbocycles. The normalized spacial score (nSPS) is 13.1. The van der Waals surface area contributed by atoms with E-state index in [4.69, 9.17) is 0 Å². The van der Waals surface area contributed by atoms with Crippen LogP contribution in [0.4, 0.5) is 4.39 Å². The van der Waals surface area contributed by atoms with Gasteiger partial charge in [0, 0.05) is 6.04 Å². The predicted octanol–water partition coefficient (Wildman–Crippen LogP) is 4.23. The Bertz CT molecular complexity index is 393. The van der Waals surface area contributed by atoms with E-state index in [1.807, 2.05) is 6.07 Å². The third-order valence-electron chi connectivity index (χ3n) is 3.78. The molecule has 1 aromatic rings. The zero-order valence-corrected chi connectivity index (χ0v) is 14.0. The third-order valence-corrected chi connectivity index (χ3v) is 3.78. The van der Waals surface area contributed by atoms with Gasteiger partial charge in [0.2, 0.25) is 0 Å². The van der Waals surface area contributed by atoms with Crippen molar-refractivity contribution in [1.29, 1.82) is 0 Å². The van der Waals surface area contributed by atoms with E-state index in [0.717, 1.165) is 44.0 Å². The van der Waals surface area contributed by atoms with Crippen molar-refractivity contribution in [3.8, 4) is 0 Å². The van der Waals surface area contributed by atoms with E-state index in [2.05, 4.69) is 38.0 Å². The predicted molar refractivity (Wildman–Crippen MR) is 89.0 cm³/mol. The molecule has 1 atom stereocenters. The molecular weight excluding hydrogens is 263 g/mol. The van der Waals surface area contributed by atoms with Crippen molar-refractivity contribution in [2.45, 2.75) is 46.1 Å². The van der Waals surface area contributed by atoms with Gasteiger partial charge < -0.3 is 10.2 Å². The molecule has 0 amide bonds. The Morgan fingerprint density at radius 1 is 1.19 bits per heavy atom. The zero-order valence-electron chi connectivity index (χ0n) is 14.0. The molecule has 0 aliphatic heterocycles. The van der Waals surface area contributed by atoms with E-state index in [1.54, 1.807) is 12.1 Å². The second-order valence-electron chi connectivity index (χ2n) is 6.34. The maximum Gasteiger partial charge on any atom is 0.123 e. The molecule has 0 aromatic heterocycles. The van der Waals surface area contributed by atoms with Crippen LogP contribution in [-0.2, 0) is 0 Å². The van der Waals surface area contributed by atoms with E-state index < -0.39 is 0 Å². The Labute approximate surface area is 129 Å². The van der Waals surface area contributed by atoms with Gasteiger partial charge in [0.05, 0.1) is 0 Å².